The van der Waals surface area contributed by atoms with Crippen LogP contribution in [-0.2, 0) is 0 Å². The second kappa shape index (κ2) is 26.5. The van der Waals surface area contributed by atoms with Crippen molar-refractivity contribution in [1.29, 1.82) is 0 Å². The van der Waals surface area contributed by atoms with Crippen molar-refractivity contribution in [1.82, 2.24) is 34.9 Å². The summed E-state index contributed by atoms with van der Waals surface area (Å²) < 4.78 is 10.5. The maximum Gasteiger partial charge on any atom is 0.191 e. The van der Waals surface area contributed by atoms with E-state index in [1.165, 1.54) is 45.8 Å². The smallest absolute Gasteiger partial charge is 0.191 e. The highest BCUT2D eigenvalue weighted by molar-refractivity contribution is 7.12. The molecule has 57 heavy (non-hydrogen) atoms. The van der Waals surface area contributed by atoms with Crippen molar-refractivity contribution in [2.45, 2.75) is 149 Å². The molecular formula is C43H65N7O2S5. The zero-order valence-electron chi connectivity index (χ0n) is 37.6. The summed E-state index contributed by atoms with van der Waals surface area (Å²) in [4.78, 5) is 35.4. The molecule has 0 radical (unpaired) electrons. The molecule has 0 aliphatic heterocycles. The Kier molecular flexibility index (Phi) is 24.0. The van der Waals surface area contributed by atoms with E-state index in [0.29, 0.717) is 17.8 Å². The Morgan fingerprint density at radius 1 is 0.491 bits per heavy atom. The van der Waals surface area contributed by atoms with Gasteiger partial charge in [0.15, 0.2) is 11.8 Å². The van der Waals surface area contributed by atoms with E-state index in [1.54, 1.807) is 62.9 Å². The van der Waals surface area contributed by atoms with Crippen molar-refractivity contribution in [3.63, 3.8) is 0 Å². The standard InChI is InChI=1S/C10H17NO.C7H11NO.2C6H9NS.2C5H7NS.C4H5NS/c1-6(2)9-10(7(3)4)12-8(5)11-9;1-5(2)7-4-9-6(3)8-7;2*1-4-5(2)8-6(3)7-4;1-4-5(2)7-3-6-4;1-4-3-6-5(2)7-4;1-4-2-5-3-6-4/h6-7H,1-5H3;4-5H,1-3H3;2*1-3H3;2*3H,1-2H3;2-3H,1H3. The molecule has 7 aromatic rings. The first kappa shape index (κ1) is 51.6. The highest BCUT2D eigenvalue weighted by atomic mass is 32.1. The monoisotopic (exact) mass is 871 g/mol. The van der Waals surface area contributed by atoms with Gasteiger partial charge in [-0.1, -0.05) is 41.5 Å². The fourth-order valence-corrected chi connectivity index (χ4v) is 7.62. The van der Waals surface area contributed by atoms with Gasteiger partial charge in [-0.05, 0) is 88.0 Å². The molecule has 0 spiro atoms. The van der Waals surface area contributed by atoms with Crippen LogP contribution in [0, 0.1) is 90.0 Å². The molecule has 14 heteroatoms. The van der Waals surface area contributed by atoms with Gasteiger partial charge in [0.25, 0.3) is 0 Å². The lowest BCUT2D eigenvalue weighted by Gasteiger charge is -2.05. The first-order valence-electron chi connectivity index (χ1n) is 18.9. The van der Waals surface area contributed by atoms with E-state index in [0.717, 1.165) is 39.6 Å². The van der Waals surface area contributed by atoms with Crippen molar-refractivity contribution < 1.29 is 8.83 Å². The van der Waals surface area contributed by atoms with Crippen LogP contribution >= 0.6 is 56.7 Å². The van der Waals surface area contributed by atoms with Gasteiger partial charge in [-0.2, -0.15) is 0 Å². The van der Waals surface area contributed by atoms with Gasteiger partial charge in [0, 0.05) is 56.5 Å². The van der Waals surface area contributed by atoms with Crippen molar-refractivity contribution in [2.24, 2.45) is 0 Å². The van der Waals surface area contributed by atoms with Crippen LogP contribution in [0.2, 0.25) is 0 Å². The number of thiazole rings is 5. The maximum absolute atomic E-state index is 5.53. The highest BCUT2D eigenvalue weighted by Crippen LogP contribution is 2.26. The van der Waals surface area contributed by atoms with E-state index in [4.69, 9.17) is 8.83 Å². The van der Waals surface area contributed by atoms with Crippen LogP contribution in [0.5, 0.6) is 0 Å². The molecule has 0 aliphatic rings. The number of hydrogen-bond donors (Lipinski definition) is 0. The fourth-order valence-electron chi connectivity index (χ4n) is 4.31. The van der Waals surface area contributed by atoms with Crippen molar-refractivity contribution in [3.8, 4) is 0 Å². The summed E-state index contributed by atoms with van der Waals surface area (Å²) in [5.74, 6) is 3.94. The summed E-state index contributed by atoms with van der Waals surface area (Å²) in [5, 5.41) is 3.48. The average molecular weight is 872 g/mol. The molecule has 0 bridgehead atoms. The molecule has 0 unspecified atom stereocenters. The second-order valence-electron chi connectivity index (χ2n) is 14.1. The molecular weight excluding hydrogens is 807 g/mol. The summed E-state index contributed by atoms with van der Waals surface area (Å²) in [6.07, 6.45) is 5.45. The first-order chi connectivity index (χ1) is 26.6. The van der Waals surface area contributed by atoms with Gasteiger partial charge in [0.05, 0.1) is 54.5 Å². The predicted molar refractivity (Wildman–Crippen MR) is 247 cm³/mol. The largest absolute Gasteiger partial charge is 0.449 e. The normalized spacial score (nSPS) is 10.1. The zero-order chi connectivity index (χ0) is 43.4. The highest BCUT2D eigenvalue weighted by Gasteiger charge is 2.16. The zero-order valence-corrected chi connectivity index (χ0v) is 41.7. The number of aryl methyl sites for hydroxylation is 13. The quantitative estimate of drug-likeness (QED) is 0.171. The third kappa shape index (κ3) is 21.2. The van der Waals surface area contributed by atoms with Gasteiger partial charge >= 0.3 is 0 Å². The molecule has 7 rings (SSSR count). The van der Waals surface area contributed by atoms with Gasteiger partial charge in [0.2, 0.25) is 0 Å². The Bertz CT molecular complexity index is 1950. The molecule has 0 amide bonds. The summed E-state index contributed by atoms with van der Waals surface area (Å²) in [5.41, 5.74) is 9.35. The number of rotatable bonds is 3. The third-order valence-electron chi connectivity index (χ3n) is 7.64. The fraction of sp³-hybridized carbons (Fsp3) is 0.512. The molecule has 0 atom stereocenters. The molecule has 7 heterocycles. The number of oxazole rings is 2. The lowest BCUT2D eigenvalue weighted by atomic mass is 10.0. The maximum atomic E-state index is 5.53. The molecule has 0 saturated heterocycles. The van der Waals surface area contributed by atoms with Crippen molar-refractivity contribution >= 4 is 56.7 Å². The van der Waals surface area contributed by atoms with Crippen LogP contribution in [0.15, 0.2) is 38.5 Å². The lowest BCUT2D eigenvalue weighted by Crippen LogP contribution is -1.95. The first-order valence-corrected chi connectivity index (χ1v) is 23.1. The molecule has 0 aliphatic carbocycles. The van der Waals surface area contributed by atoms with Gasteiger partial charge in [-0.15, -0.1) is 56.7 Å². The van der Waals surface area contributed by atoms with Crippen LogP contribution < -0.4 is 0 Å². The third-order valence-corrected chi connectivity index (χ3v) is 12.0. The van der Waals surface area contributed by atoms with Crippen molar-refractivity contribution in [3.05, 3.63) is 115 Å². The van der Waals surface area contributed by atoms with Gasteiger partial charge in [-0.3, -0.25) is 4.98 Å². The van der Waals surface area contributed by atoms with E-state index in [-0.39, 0.29) is 0 Å². The molecule has 9 nitrogen and oxygen atoms in total. The Morgan fingerprint density at radius 2 is 1.07 bits per heavy atom. The van der Waals surface area contributed by atoms with Gasteiger partial charge in [-0.25, -0.2) is 29.9 Å². The SMILES string of the molecule is Cc1cnc(C)s1.Cc1cncs1.Cc1nc(C(C)C)c(C(C)C)o1.Cc1nc(C(C)C)co1.Cc1nc(C)c(C)s1.Cc1nc(C)c(C)s1.Cc1ncsc1C. The molecule has 0 N–H and O–H groups in total. The summed E-state index contributed by atoms with van der Waals surface area (Å²) in [7, 11) is 0. The van der Waals surface area contributed by atoms with Gasteiger partial charge in [0.1, 0.15) is 12.0 Å². The van der Waals surface area contributed by atoms with Crippen LogP contribution in [0.25, 0.3) is 0 Å². The van der Waals surface area contributed by atoms with E-state index >= 15 is 0 Å². The van der Waals surface area contributed by atoms with Crippen molar-refractivity contribution in [2.75, 3.05) is 0 Å². The van der Waals surface area contributed by atoms with Crippen LogP contribution in [-0.4, -0.2) is 34.9 Å². The molecule has 0 aromatic carbocycles. The summed E-state index contributed by atoms with van der Waals surface area (Å²) >= 11 is 8.61. The topological polar surface area (TPSA) is 117 Å². The minimum Gasteiger partial charge on any atom is -0.449 e. The van der Waals surface area contributed by atoms with Crippen LogP contribution in [0.1, 0.15) is 145 Å². The molecule has 0 fully saturated rings. The molecule has 0 saturated carbocycles. The Labute approximate surface area is 362 Å². The van der Waals surface area contributed by atoms with Gasteiger partial charge < -0.3 is 8.83 Å². The number of hydrogen-bond acceptors (Lipinski definition) is 14. The molecule has 314 valence electrons. The minimum absolute atomic E-state index is 0.434. The number of nitrogens with zero attached hydrogens (tertiary/aromatic N) is 7. The lowest BCUT2D eigenvalue weighted by molar-refractivity contribution is 0.453. The Balaban J connectivity index is 0.000000336. The Morgan fingerprint density at radius 3 is 1.25 bits per heavy atom. The van der Waals surface area contributed by atoms with Crippen LogP contribution in [0.4, 0.5) is 0 Å². The molecule has 7 aromatic heterocycles. The summed E-state index contributed by atoms with van der Waals surface area (Å²) in [6, 6.07) is 0. The van der Waals surface area contributed by atoms with Crippen LogP contribution in [0.3, 0.4) is 0 Å². The minimum atomic E-state index is 0.434. The second-order valence-corrected chi connectivity index (χ2v) is 20.5. The Hall–Kier alpha value is -3.43. The predicted octanol–water partition coefficient (Wildman–Crippen LogP) is 14.4. The summed E-state index contributed by atoms with van der Waals surface area (Å²) in [6.45, 7) is 39.0. The van der Waals surface area contributed by atoms with E-state index < -0.39 is 0 Å². The van der Waals surface area contributed by atoms with E-state index in [9.17, 15) is 0 Å². The number of aromatic nitrogens is 7. The van der Waals surface area contributed by atoms with E-state index in [2.05, 4.69) is 104 Å². The van der Waals surface area contributed by atoms with E-state index in [1.807, 2.05) is 85.7 Å². The average Bonchev–Trinajstić information content (AvgIpc) is 4.00.